The molecule has 1 unspecified atom stereocenters. The summed E-state index contributed by atoms with van der Waals surface area (Å²) >= 11 is 6.16. The Morgan fingerprint density at radius 2 is 1.55 bits per heavy atom. The third kappa shape index (κ3) is 3.52. The van der Waals surface area contributed by atoms with Gasteiger partial charge >= 0.3 is 0 Å². The third-order valence-electron chi connectivity index (χ3n) is 5.78. The van der Waals surface area contributed by atoms with Crippen LogP contribution >= 0.6 is 11.6 Å². The molecule has 4 aromatic carbocycles. The number of aliphatic hydroxyl groups excluding tert-OH is 1. The summed E-state index contributed by atoms with van der Waals surface area (Å²) in [5, 5.41) is 23.2. The van der Waals surface area contributed by atoms with Gasteiger partial charge < -0.3 is 10.2 Å². The first kappa shape index (κ1) is 20.8. The Bertz CT molecular complexity index is 1440. The first-order valence-electron chi connectivity index (χ1n) is 10.3. The number of aromatic hydroxyl groups is 1. The van der Waals surface area contributed by atoms with Crippen molar-refractivity contribution in [2.24, 2.45) is 0 Å². The number of carbonyl (C=O) groups excluding carboxylic acids is 2. The van der Waals surface area contributed by atoms with Crippen molar-refractivity contribution in [1.29, 1.82) is 0 Å². The number of aliphatic hydroxyl groups is 1. The molecule has 0 bridgehead atoms. The number of phenols is 1. The van der Waals surface area contributed by atoms with E-state index in [-0.39, 0.29) is 17.1 Å². The number of fused-ring (bicyclic) bond motifs is 1. The molecule has 1 saturated heterocycles. The van der Waals surface area contributed by atoms with Gasteiger partial charge in [-0.2, -0.15) is 0 Å². The Balaban J connectivity index is 1.78. The molecular formula is C27H18ClNO4. The number of phenolic OH excluding ortho intramolecular Hbond substituents is 1. The Labute approximate surface area is 194 Å². The molecule has 0 radical (unpaired) electrons. The van der Waals surface area contributed by atoms with Crippen molar-refractivity contribution in [3.63, 3.8) is 0 Å². The first-order chi connectivity index (χ1) is 16.0. The number of amides is 1. The molecule has 0 aliphatic carbocycles. The fourth-order valence-corrected chi connectivity index (χ4v) is 4.46. The zero-order valence-corrected chi connectivity index (χ0v) is 18.0. The number of benzene rings is 4. The Hall–Kier alpha value is -4.09. The summed E-state index contributed by atoms with van der Waals surface area (Å²) in [4.78, 5) is 27.8. The summed E-state index contributed by atoms with van der Waals surface area (Å²) in [6, 6.07) is 24.9. The highest BCUT2D eigenvalue weighted by Crippen LogP contribution is 2.43. The minimum atomic E-state index is -0.900. The summed E-state index contributed by atoms with van der Waals surface area (Å²) < 4.78 is 0. The van der Waals surface area contributed by atoms with Crippen LogP contribution in [0.2, 0.25) is 5.02 Å². The summed E-state index contributed by atoms with van der Waals surface area (Å²) in [6.45, 7) is 0. The summed E-state index contributed by atoms with van der Waals surface area (Å²) in [5.41, 5.74) is 1.43. The second kappa shape index (κ2) is 8.11. The zero-order valence-electron chi connectivity index (χ0n) is 17.3. The van der Waals surface area contributed by atoms with E-state index in [9.17, 15) is 19.8 Å². The van der Waals surface area contributed by atoms with E-state index in [2.05, 4.69) is 0 Å². The quantitative estimate of drug-likeness (QED) is 0.231. The van der Waals surface area contributed by atoms with Crippen molar-refractivity contribution in [3.8, 4) is 5.75 Å². The maximum atomic E-state index is 13.3. The average molecular weight is 456 g/mol. The van der Waals surface area contributed by atoms with E-state index in [1.54, 1.807) is 48.5 Å². The van der Waals surface area contributed by atoms with E-state index in [0.29, 0.717) is 21.8 Å². The van der Waals surface area contributed by atoms with Gasteiger partial charge in [0.1, 0.15) is 11.5 Å². The lowest BCUT2D eigenvalue weighted by molar-refractivity contribution is -0.132. The molecule has 1 fully saturated rings. The average Bonchev–Trinajstić information content (AvgIpc) is 3.09. The van der Waals surface area contributed by atoms with Crippen molar-refractivity contribution in [3.05, 3.63) is 113 Å². The van der Waals surface area contributed by atoms with Gasteiger partial charge in [0.05, 0.1) is 11.6 Å². The highest BCUT2D eigenvalue weighted by Gasteiger charge is 2.47. The number of hydrogen-bond donors (Lipinski definition) is 2. The van der Waals surface area contributed by atoms with Gasteiger partial charge in [0, 0.05) is 16.3 Å². The van der Waals surface area contributed by atoms with Gasteiger partial charge in [0.15, 0.2) is 0 Å². The second-order valence-electron chi connectivity index (χ2n) is 7.77. The first-order valence-corrected chi connectivity index (χ1v) is 10.7. The fourth-order valence-electron chi connectivity index (χ4n) is 4.27. The van der Waals surface area contributed by atoms with Crippen LogP contribution in [0.4, 0.5) is 5.69 Å². The van der Waals surface area contributed by atoms with Crippen LogP contribution in [0.15, 0.2) is 96.6 Å². The number of ketones is 1. The van der Waals surface area contributed by atoms with E-state index in [4.69, 9.17) is 11.6 Å². The van der Waals surface area contributed by atoms with Crippen molar-refractivity contribution in [2.45, 2.75) is 6.04 Å². The number of rotatable bonds is 3. The summed E-state index contributed by atoms with van der Waals surface area (Å²) in [7, 11) is 0. The minimum Gasteiger partial charge on any atom is -0.508 e. The molecule has 1 atom stereocenters. The molecule has 33 heavy (non-hydrogen) atoms. The number of anilines is 1. The zero-order chi connectivity index (χ0) is 23.1. The van der Waals surface area contributed by atoms with Crippen molar-refractivity contribution < 1.29 is 19.8 Å². The molecule has 5 rings (SSSR count). The molecule has 1 aliphatic heterocycles. The molecule has 1 heterocycles. The largest absolute Gasteiger partial charge is 0.508 e. The fraction of sp³-hybridized carbons (Fsp3) is 0.0370. The summed E-state index contributed by atoms with van der Waals surface area (Å²) in [5.74, 6) is -1.77. The molecule has 5 nitrogen and oxygen atoms in total. The lowest BCUT2D eigenvalue weighted by Crippen LogP contribution is -2.29. The Morgan fingerprint density at radius 3 is 2.30 bits per heavy atom. The van der Waals surface area contributed by atoms with Crippen LogP contribution in [-0.4, -0.2) is 21.9 Å². The molecule has 6 heteroatoms. The van der Waals surface area contributed by atoms with Gasteiger partial charge in [-0.15, -0.1) is 0 Å². The van der Waals surface area contributed by atoms with Crippen LogP contribution < -0.4 is 4.90 Å². The Morgan fingerprint density at radius 1 is 0.848 bits per heavy atom. The lowest BCUT2D eigenvalue weighted by atomic mass is 9.93. The van der Waals surface area contributed by atoms with E-state index in [1.165, 1.54) is 17.0 Å². The number of hydrogen-bond acceptors (Lipinski definition) is 4. The van der Waals surface area contributed by atoms with E-state index in [1.807, 2.05) is 30.3 Å². The summed E-state index contributed by atoms with van der Waals surface area (Å²) in [6.07, 6.45) is 0. The van der Waals surface area contributed by atoms with Crippen LogP contribution in [0.1, 0.15) is 17.2 Å². The van der Waals surface area contributed by atoms with Gasteiger partial charge in [-0.1, -0.05) is 72.3 Å². The van der Waals surface area contributed by atoms with Crippen molar-refractivity contribution in [2.75, 3.05) is 4.90 Å². The molecule has 162 valence electrons. The molecule has 4 aromatic rings. The SMILES string of the molecule is O=C1C(=O)N(c2cccc(Cl)c2)C(c2ccc(O)cc2)/C1=C(/O)c1cccc2ccccc12. The predicted molar refractivity (Wildman–Crippen MR) is 128 cm³/mol. The second-order valence-corrected chi connectivity index (χ2v) is 8.20. The lowest BCUT2D eigenvalue weighted by Gasteiger charge is -2.25. The minimum absolute atomic E-state index is 0.0259. The molecule has 1 amide bonds. The van der Waals surface area contributed by atoms with Crippen LogP contribution in [0.3, 0.4) is 0 Å². The number of halogens is 1. The highest BCUT2D eigenvalue weighted by atomic mass is 35.5. The van der Waals surface area contributed by atoms with Crippen LogP contribution in [0, 0.1) is 0 Å². The van der Waals surface area contributed by atoms with Crippen molar-refractivity contribution in [1.82, 2.24) is 0 Å². The van der Waals surface area contributed by atoms with Crippen LogP contribution in [0.25, 0.3) is 16.5 Å². The van der Waals surface area contributed by atoms with Crippen molar-refractivity contribution >= 4 is 45.5 Å². The molecule has 1 aliphatic rings. The monoisotopic (exact) mass is 455 g/mol. The van der Waals surface area contributed by atoms with E-state index in [0.717, 1.165) is 10.8 Å². The smallest absolute Gasteiger partial charge is 0.300 e. The standard InChI is InChI=1S/C27H18ClNO4/c28-18-7-4-8-19(15-18)29-24(17-11-13-20(30)14-12-17)23(26(32)27(29)33)25(31)22-10-3-6-16-5-1-2-9-21(16)22/h1-15,24,30-31H/b25-23-. The van der Waals surface area contributed by atoms with E-state index >= 15 is 0 Å². The Kier molecular flexibility index (Phi) is 5.11. The maximum absolute atomic E-state index is 13.3. The molecule has 2 N–H and O–H groups in total. The molecule has 0 aromatic heterocycles. The maximum Gasteiger partial charge on any atom is 0.300 e. The number of Topliss-reactive ketones (excluding diaryl/α,β-unsaturated/α-hetero) is 1. The molecular weight excluding hydrogens is 438 g/mol. The number of nitrogens with zero attached hydrogens (tertiary/aromatic N) is 1. The van der Waals surface area contributed by atoms with Gasteiger partial charge in [-0.25, -0.2) is 0 Å². The topological polar surface area (TPSA) is 77.8 Å². The van der Waals surface area contributed by atoms with Gasteiger partial charge in [-0.05, 0) is 46.7 Å². The van der Waals surface area contributed by atoms with Gasteiger partial charge in [-0.3, -0.25) is 14.5 Å². The highest BCUT2D eigenvalue weighted by molar-refractivity contribution is 6.52. The van der Waals surface area contributed by atoms with Gasteiger partial charge in [0.2, 0.25) is 0 Å². The van der Waals surface area contributed by atoms with Crippen LogP contribution in [-0.2, 0) is 9.59 Å². The predicted octanol–water partition coefficient (Wildman–Crippen LogP) is 5.83. The number of carbonyl (C=O) groups is 2. The normalized spacial score (nSPS) is 17.6. The third-order valence-corrected chi connectivity index (χ3v) is 6.02. The van der Waals surface area contributed by atoms with Gasteiger partial charge in [0.25, 0.3) is 11.7 Å². The molecule has 0 spiro atoms. The van der Waals surface area contributed by atoms with Crippen LogP contribution in [0.5, 0.6) is 5.75 Å². The van der Waals surface area contributed by atoms with E-state index < -0.39 is 17.7 Å². The molecule has 0 saturated carbocycles.